The molecule has 8 heteroatoms. The average Bonchev–Trinajstić information content (AvgIpc) is 3.02. The molecule has 1 N–H and O–H groups in total. The van der Waals surface area contributed by atoms with Crippen LogP contribution in [0.3, 0.4) is 0 Å². The second-order valence-electron chi connectivity index (χ2n) is 5.03. The van der Waals surface area contributed by atoms with Crippen molar-refractivity contribution in [2.75, 3.05) is 0 Å². The summed E-state index contributed by atoms with van der Waals surface area (Å²) < 4.78 is 42.1. The van der Waals surface area contributed by atoms with Gasteiger partial charge in [-0.3, -0.25) is 0 Å². The van der Waals surface area contributed by atoms with E-state index in [1.54, 1.807) is 17.1 Å². The fourth-order valence-electron chi connectivity index (χ4n) is 2.12. The SMILES string of the molecule is O=S(=O)(NCc1cnn(-c2ccccc2)c1)c1ccc(Cl)cc1F. The maximum atomic E-state index is 13.8. The number of para-hydroxylation sites is 1. The lowest BCUT2D eigenvalue weighted by atomic mass is 10.3. The Morgan fingerprint density at radius 3 is 2.62 bits per heavy atom. The summed E-state index contributed by atoms with van der Waals surface area (Å²) >= 11 is 5.63. The summed E-state index contributed by atoms with van der Waals surface area (Å²) in [6.07, 6.45) is 3.25. The molecule has 0 bridgehead atoms. The Labute approximate surface area is 143 Å². The van der Waals surface area contributed by atoms with Crippen molar-refractivity contribution < 1.29 is 12.8 Å². The molecule has 0 aliphatic heterocycles. The number of sulfonamides is 1. The van der Waals surface area contributed by atoms with E-state index >= 15 is 0 Å². The van der Waals surface area contributed by atoms with E-state index in [9.17, 15) is 12.8 Å². The van der Waals surface area contributed by atoms with Gasteiger partial charge in [0.15, 0.2) is 0 Å². The van der Waals surface area contributed by atoms with E-state index < -0.39 is 20.7 Å². The van der Waals surface area contributed by atoms with Gasteiger partial charge in [0, 0.05) is 23.3 Å². The molecule has 0 radical (unpaired) electrons. The zero-order valence-corrected chi connectivity index (χ0v) is 13.9. The predicted molar refractivity (Wildman–Crippen MR) is 89.0 cm³/mol. The zero-order chi connectivity index (χ0) is 17.2. The standard InChI is InChI=1S/C16H13ClFN3O2S/c17-13-6-7-16(15(18)8-13)24(22,23)20-10-12-9-19-21(11-12)14-4-2-1-3-5-14/h1-9,11,20H,10H2. The summed E-state index contributed by atoms with van der Waals surface area (Å²) in [7, 11) is -3.98. The number of nitrogens with one attached hydrogen (secondary N) is 1. The molecule has 0 fully saturated rings. The van der Waals surface area contributed by atoms with E-state index in [1.165, 1.54) is 6.07 Å². The highest BCUT2D eigenvalue weighted by Crippen LogP contribution is 2.19. The first-order valence-electron chi connectivity index (χ1n) is 6.99. The molecule has 24 heavy (non-hydrogen) atoms. The molecular formula is C16H13ClFN3O2S. The Bertz CT molecular complexity index is 958. The minimum Gasteiger partial charge on any atom is -0.241 e. The van der Waals surface area contributed by atoms with Gasteiger partial charge >= 0.3 is 0 Å². The number of aromatic nitrogens is 2. The Kier molecular flexibility index (Phi) is 4.66. The highest BCUT2D eigenvalue weighted by atomic mass is 35.5. The summed E-state index contributed by atoms with van der Waals surface area (Å²) in [5.74, 6) is -0.894. The molecular weight excluding hydrogens is 353 g/mol. The first-order chi connectivity index (χ1) is 11.5. The zero-order valence-electron chi connectivity index (χ0n) is 12.4. The summed E-state index contributed by atoms with van der Waals surface area (Å²) in [6.45, 7) is -0.00274. The van der Waals surface area contributed by atoms with Crippen LogP contribution in [0.25, 0.3) is 5.69 Å². The van der Waals surface area contributed by atoms with E-state index in [0.717, 1.165) is 17.8 Å². The third-order valence-corrected chi connectivity index (χ3v) is 4.98. The van der Waals surface area contributed by atoms with Crippen molar-refractivity contribution >= 4 is 21.6 Å². The molecule has 2 aromatic carbocycles. The van der Waals surface area contributed by atoms with Crippen LogP contribution in [-0.4, -0.2) is 18.2 Å². The topological polar surface area (TPSA) is 64.0 Å². The number of hydrogen-bond donors (Lipinski definition) is 1. The van der Waals surface area contributed by atoms with Gasteiger partial charge in [-0.2, -0.15) is 5.10 Å². The van der Waals surface area contributed by atoms with Gasteiger partial charge in [-0.1, -0.05) is 29.8 Å². The maximum Gasteiger partial charge on any atom is 0.243 e. The van der Waals surface area contributed by atoms with Crippen LogP contribution >= 0.6 is 11.6 Å². The van der Waals surface area contributed by atoms with Crippen molar-refractivity contribution in [1.82, 2.24) is 14.5 Å². The number of hydrogen-bond acceptors (Lipinski definition) is 3. The summed E-state index contributed by atoms with van der Waals surface area (Å²) in [4.78, 5) is -0.442. The molecule has 0 aliphatic carbocycles. The van der Waals surface area contributed by atoms with Gasteiger partial charge in [0.2, 0.25) is 10.0 Å². The summed E-state index contributed by atoms with van der Waals surface area (Å²) in [5, 5.41) is 4.31. The van der Waals surface area contributed by atoms with E-state index in [-0.39, 0.29) is 11.6 Å². The lowest BCUT2D eigenvalue weighted by Crippen LogP contribution is -2.24. The number of rotatable bonds is 5. The molecule has 0 saturated carbocycles. The average molecular weight is 366 g/mol. The third-order valence-electron chi connectivity index (χ3n) is 3.31. The van der Waals surface area contributed by atoms with E-state index in [1.807, 2.05) is 30.3 Å². The third kappa shape index (κ3) is 3.64. The van der Waals surface area contributed by atoms with Crippen molar-refractivity contribution in [3.8, 4) is 5.69 Å². The first-order valence-corrected chi connectivity index (χ1v) is 8.85. The van der Waals surface area contributed by atoms with Crippen LogP contribution in [0.1, 0.15) is 5.56 Å². The van der Waals surface area contributed by atoms with E-state index in [4.69, 9.17) is 11.6 Å². The fraction of sp³-hybridized carbons (Fsp3) is 0.0625. The van der Waals surface area contributed by atoms with Gasteiger partial charge in [0.25, 0.3) is 0 Å². The quantitative estimate of drug-likeness (QED) is 0.755. The Balaban J connectivity index is 1.75. The molecule has 124 valence electrons. The van der Waals surface area contributed by atoms with E-state index in [0.29, 0.717) is 5.56 Å². The summed E-state index contributed by atoms with van der Waals surface area (Å²) in [6, 6.07) is 12.8. The minimum atomic E-state index is -3.98. The normalized spacial score (nSPS) is 11.6. The lowest BCUT2D eigenvalue weighted by Gasteiger charge is -2.07. The Morgan fingerprint density at radius 1 is 1.17 bits per heavy atom. The molecule has 0 amide bonds. The molecule has 0 unspecified atom stereocenters. The van der Waals surface area contributed by atoms with Crippen molar-refractivity contribution in [1.29, 1.82) is 0 Å². The Hall–Kier alpha value is -2.22. The fourth-order valence-corrected chi connectivity index (χ4v) is 3.36. The highest BCUT2D eigenvalue weighted by molar-refractivity contribution is 7.89. The Morgan fingerprint density at radius 2 is 1.92 bits per heavy atom. The molecule has 5 nitrogen and oxygen atoms in total. The van der Waals surface area contributed by atoms with Gasteiger partial charge < -0.3 is 0 Å². The largest absolute Gasteiger partial charge is 0.243 e. The molecule has 1 heterocycles. The molecule has 3 aromatic rings. The monoisotopic (exact) mass is 365 g/mol. The van der Waals surface area contributed by atoms with Crippen LogP contribution in [0.4, 0.5) is 4.39 Å². The maximum absolute atomic E-state index is 13.8. The molecule has 0 spiro atoms. The van der Waals surface area contributed by atoms with Crippen molar-refractivity contribution in [2.24, 2.45) is 0 Å². The second-order valence-corrected chi connectivity index (χ2v) is 7.20. The van der Waals surface area contributed by atoms with Crippen LogP contribution < -0.4 is 4.72 Å². The molecule has 0 aliphatic rings. The van der Waals surface area contributed by atoms with Crippen LogP contribution in [0.15, 0.2) is 65.8 Å². The lowest BCUT2D eigenvalue weighted by molar-refractivity contribution is 0.557. The van der Waals surface area contributed by atoms with E-state index in [2.05, 4.69) is 9.82 Å². The van der Waals surface area contributed by atoms with Crippen molar-refractivity contribution in [3.63, 3.8) is 0 Å². The van der Waals surface area contributed by atoms with Crippen LogP contribution in [0, 0.1) is 5.82 Å². The molecule has 3 rings (SSSR count). The molecule has 1 aromatic heterocycles. The van der Waals surface area contributed by atoms with Crippen molar-refractivity contribution in [3.05, 3.63) is 77.3 Å². The molecule has 0 atom stereocenters. The molecule has 0 saturated heterocycles. The highest BCUT2D eigenvalue weighted by Gasteiger charge is 2.19. The van der Waals surface area contributed by atoms with Gasteiger partial charge in [0.05, 0.1) is 11.9 Å². The van der Waals surface area contributed by atoms with Crippen LogP contribution in [0.5, 0.6) is 0 Å². The number of nitrogens with zero attached hydrogens (tertiary/aromatic N) is 2. The smallest absolute Gasteiger partial charge is 0.241 e. The summed E-state index contributed by atoms with van der Waals surface area (Å²) in [5.41, 5.74) is 1.51. The first kappa shape index (κ1) is 16.6. The second kappa shape index (κ2) is 6.72. The number of halogens is 2. The van der Waals surface area contributed by atoms with Crippen LogP contribution in [-0.2, 0) is 16.6 Å². The van der Waals surface area contributed by atoms with Gasteiger partial charge in [-0.05, 0) is 30.3 Å². The van der Waals surface area contributed by atoms with Crippen molar-refractivity contribution in [2.45, 2.75) is 11.4 Å². The van der Waals surface area contributed by atoms with Gasteiger partial charge in [-0.15, -0.1) is 0 Å². The van der Waals surface area contributed by atoms with Gasteiger partial charge in [-0.25, -0.2) is 22.2 Å². The van der Waals surface area contributed by atoms with Crippen LogP contribution in [0.2, 0.25) is 5.02 Å². The van der Waals surface area contributed by atoms with Gasteiger partial charge in [0.1, 0.15) is 10.7 Å². The predicted octanol–water partition coefficient (Wildman–Crippen LogP) is 3.14. The number of benzene rings is 2. The minimum absolute atomic E-state index is 0.00274.